The normalized spacial score (nSPS) is 18.1. The second-order valence-electron chi connectivity index (χ2n) is 6.16. The summed E-state index contributed by atoms with van der Waals surface area (Å²) in [5.41, 5.74) is 1.28. The lowest BCUT2D eigenvalue weighted by Gasteiger charge is -2.30. The average molecular weight is 544 g/mol. The highest BCUT2D eigenvalue weighted by Gasteiger charge is 2.35. The van der Waals surface area contributed by atoms with Crippen LogP contribution in [0.15, 0.2) is 47.5 Å². The van der Waals surface area contributed by atoms with E-state index in [1.54, 1.807) is 23.1 Å². The predicted molar refractivity (Wildman–Crippen MR) is 126 cm³/mol. The van der Waals surface area contributed by atoms with Gasteiger partial charge in [-0.3, -0.25) is 14.5 Å². The van der Waals surface area contributed by atoms with Gasteiger partial charge in [-0.15, -0.1) is 0 Å². The summed E-state index contributed by atoms with van der Waals surface area (Å²) in [7, 11) is 1.54. The molecule has 9 heteroatoms. The third-order valence-electron chi connectivity index (χ3n) is 4.22. The van der Waals surface area contributed by atoms with Gasteiger partial charge >= 0.3 is 0 Å². The molecule has 1 unspecified atom stereocenters. The second-order valence-corrected chi connectivity index (χ2v) is 8.98. The van der Waals surface area contributed by atoms with Gasteiger partial charge in [-0.25, -0.2) is 4.99 Å². The summed E-state index contributed by atoms with van der Waals surface area (Å²) < 4.78 is 6.24. The molecular weight excluding hydrogens is 525 g/mol. The number of amides is 2. The van der Waals surface area contributed by atoms with E-state index in [9.17, 15) is 9.59 Å². The topological polar surface area (TPSA) is 71.0 Å². The van der Waals surface area contributed by atoms with Crippen LogP contribution in [-0.2, 0) is 9.59 Å². The van der Waals surface area contributed by atoms with Crippen LogP contribution in [0.25, 0.3) is 0 Å². The summed E-state index contributed by atoms with van der Waals surface area (Å²) >= 11 is 9.66. The second kappa shape index (κ2) is 9.82. The van der Waals surface area contributed by atoms with E-state index in [1.807, 2.05) is 31.2 Å². The number of hydrogen-bond donors (Lipinski definition) is 1. The van der Waals surface area contributed by atoms with Crippen LogP contribution in [0.2, 0.25) is 5.02 Å². The number of benzene rings is 2. The summed E-state index contributed by atoms with van der Waals surface area (Å²) in [4.78, 5) is 31.5. The Balaban J connectivity index is 1.82. The van der Waals surface area contributed by atoms with Crippen molar-refractivity contribution in [1.82, 2.24) is 4.90 Å². The first kappa shape index (κ1) is 21.9. The maximum atomic E-state index is 12.7. The quantitative estimate of drug-likeness (QED) is 0.543. The standard InChI is InChI=1S/C20H19ClIN3O3S/c1-3-25-18(26)11-17(19(27)23-13-6-4-12(22)5-7-13)29-20(25)24-14-8-9-16(28-2)15(21)10-14/h4-10,17H,3,11H2,1-2H3,(H,23,27). The van der Waals surface area contributed by atoms with Crippen molar-refractivity contribution in [3.05, 3.63) is 51.1 Å². The smallest absolute Gasteiger partial charge is 0.238 e. The molecule has 2 aromatic rings. The lowest BCUT2D eigenvalue weighted by Crippen LogP contribution is -2.45. The molecule has 6 nitrogen and oxygen atoms in total. The zero-order valence-electron chi connectivity index (χ0n) is 15.8. The van der Waals surface area contributed by atoms with Gasteiger partial charge in [0.05, 0.1) is 17.8 Å². The lowest BCUT2D eigenvalue weighted by atomic mass is 10.2. The third kappa shape index (κ3) is 5.43. The van der Waals surface area contributed by atoms with Crippen LogP contribution in [0.3, 0.4) is 0 Å². The predicted octanol–water partition coefficient (Wildman–Crippen LogP) is 4.93. The molecule has 2 aromatic carbocycles. The van der Waals surface area contributed by atoms with Crippen molar-refractivity contribution in [2.75, 3.05) is 19.0 Å². The molecule has 3 rings (SSSR count). The Morgan fingerprint density at radius 2 is 2.07 bits per heavy atom. The van der Waals surface area contributed by atoms with E-state index < -0.39 is 5.25 Å². The summed E-state index contributed by atoms with van der Waals surface area (Å²) in [6.07, 6.45) is 0.122. The maximum Gasteiger partial charge on any atom is 0.238 e. The van der Waals surface area contributed by atoms with E-state index in [4.69, 9.17) is 16.3 Å². The molecule has 1 saturated heterocycles. The van der Waals surface area contributed by atoms with Gasteiger partial charge in [-0.05, 0) is 72.0 Å². The minimum Gasteiger partial charge on any atom is -0.495 e. The minimum atomic E-state index is -0.558. The van der Waals surface area contributed by atoms with Crippen LogP contribution >= 0.6 is 46.0 Å². The summed E-state index contributed by atoms with van der Waals surface area (Å²) in [5, 5.41) is 3.22. The van der Waals surface area contributed by atoms with Crippen molar-refractivity contribution >= 4 is 74.3 Å². The number of carbonyl (C=O) groups excluding carboxylic acids is 2. The lowest BCUT2D eigenvalue weighted by molar-refractivity contribution is -0.129. The van der Waals surface area contributed by atoms with Crippen LogP contribution in [0.1, 0.15) is 13.3 Å². The van der Waals surface area contributed by atoms with Gasteiger partial charge in [0, 0.05) is 22.2 Å². The molecular formula is C20H19ClIN3O3S. The van der Waals surface area contributed by atoms with Gasteiger partial charge in [0.25, 0.3) is 0 Å². The fraction of sp³-hybridized carbons (Fsp3) is 0.250. The minimum absolute atomic E-state index is 0.122. The van der Waals surface area contributed by atoms with Crippen molar-refractivity contribution in [1.29, 1.82) is 0 Å². The van der Waals surface area contributed by atoms with Gasteiger partial charge < -0.3 is 10.1 Å². The monoisotopic (exact) mass is 543 g/mol. The molecule has 0 saturated carbocycles. The van der Waals surface area contributed by atoms with Gasteiger partial charge in [0.1, 0.15) is 11.0 Å². The van der Waals surface area contributed by atoms with Crippen molar-refractivity contribution in [3.63, 3.8) is 0 Å². The number of nitrogens with one attached hydrogen (secondary N) is 1. The van der Waals surface area contributed by atoms with Crippen molar-refractivity contribution in [3.8, 4) is 5.75 Å². The number of nitrogens with zero attached hydrogens (tertiary/aromatic N) is 2. The number of rotatable bonds is 5. The molecule has 1 fully saturated rings. The van der Waals surface area contributed by atoms with E-state index in [-0.39, 0.29) is 18.2 Å². The van der Waals surface area contributed by atoms with Crippen LogP contribution in [-0.4, -0.2) is 40.8 Å². The van der Waals surface area contributed by atoms with Gasteiger partial charge in [0.15, 0.2) is 5.17 Å². The molecule has 29 heavy (non-hydrogen) atoms. The van der Waals surface area contributed by atoms with Crippen LogP contribution < -0.4 is 10.1 Å². The SMILES string of the molecule is CCN1C(=O)CC(C(=O)Nc2ccc(I)cc2)SC1=Nc1ccc(OC)c(Cl)c1. The Morgan fingerprint density at radius 1 is 1.34 bits per heavy atom. The number of amidine groups is 1. The fourth-order valence-corrected chi connectivity index (χ4v) is 4.52. The van der Waals surface area contributed by atoms with E-state index in [2.05, 4.69) is 32.9 Å². The van der Waals surface area contributed by atoms with Gasteiger partial charge in [-0.1, -0.05) is 23.4 Å². The number of ether oxygens (including phenoxy) is 1. The Kier molecular flexibility index (Phi) is 7.42. The zero-order valence-corrected chi connectivity index (χ0v) is 19.5. The molecule has 0 spiro atoms. The molecule has 0 bridgehead atoms. The number of thioether (sulfide) groups is 1. The molecule has 0 aliphatic carbocycles. The molecule has 0 radical (unpaired) electrons. The Labute approximate surface area is 192 Å². The summed E-state index contributed by atoms with van der Waals surface area (Å²) in [6, 6.07) is 12.6. The number of methoxy groups -OCH3 is 1. The van der Waals surface area contributed by atoms with Crippen molar-refractivity contribution in [2.24, 2.45) is 4.99 Å². The highest BCUT2D eigenvalue weighted by molar-refractivity contribution is 14.1. The number of anilines is 1. The average Bonchev–Trinajstić information content (AvgIpc) is 2.69. The summed E-state index contributed by atoms with van der Waals surface area (Å²) in [5.74, 6) is 0.193. The van der Waals surface area contributed by atoms with E-state index in [0.29, 0.717) is 33.9 Å². The zero-order chi connectivity index (χ0) is 21.0. The van der Waals surface area contributed by atoms with E-state index >= 15 is 0 Å². The van der Waals surface area contributed by atoms with Crippen molar-refractivity contribution in [2.45, 2.75) is 18.6 Å². The highest BCUT2D eigenvalue weighted by Crippen LogP contribution is 2.33. The van der Waals surface area contributed by atoms with E-state index in [1.165, 1.54) is 18.9 Å². The molecule has 1 N–H and O–H groups in total. The Bertz CT molecular complexity index is 952. The van der Waals surface area contributed by atoms with Gasteiger partial charge in [0.2, 0.25) is 11.8 Å². The molecule has 152 valence electrons. The Morgan fingerprint density at radius 3 is 2.69 bits per heavy atom. The number of aliphatic imine (C=N–C) groups is 1. The number of hydrogen-bond acceptors (Lipinski definition) is 5. The van der Waals surface area contributed by atoms with Gasteiger partial charge in [-0.2, -0.15) is 0 Å². The molecule has 0 aromatic heterocycles. The van der Waals surface area contributed by atoms with Crippen LogP contribution in [0, 0.1) is 3.57 Å². The van der Waals surface area contributed by atoms with Crippen LogP contribution in [0.5, 0.6) is 5.75 Å². The molecule has 2 amide bonds. The fourth-order valence-electron chi connectivity index (χ4n) is 2.74. The first-order valence-corrected chi connectivity index (χ1v) is 11.2. The molecule has 1 aliphatic heterocycles. The Hall–Kier alpha value is -1.78. The molecule has 1 atom stereocenters. The number of carbonyl (C=O) groups is 2. The molecule has 1 heterocycles. The summed E-state index contributed by atoms with van der Waals surface area (Å²) in [6.45, 7) is 2.35. The third-order valence-corrected chi connectivity index (χ3v) is 6.42. The van der Waals surface area contributed by atoms with E-state index in [0.717, 1.165) is 3.57 Å². The first-order chi connectivity index (χ1) is 13.9. The number of halogens is 2. The van der Waals surface area contributed by atoms with Crippen molar-refractivity contribution < 1.29 is 14.3 Å². The molecule has 1 aliphatic rings. The largest absolute Gasteiger partial charge is 0.495 e. The first-order valence-electron chi connectivity index (χ1n) is 8.87. The maximum absolute atomic E-state index is 12.7. The highest BCUT2D eigenvalue weighted by atomic mass is 127. The van der Waals surface area contributed by atoms with Crippen LogP contribution in [0.4, 0.5) is 11.4 Å².